The fraction of sp³-hybridized carbons (Fsp3) is 0.500. The predicted octanol–water partition coefficient (Wildman–Crippen LogP) is 0.933. The van der Waals surface area contributed by atoms with E-state index in [1.54, 1.807) is 5.97 Å². The Morgan fingerprint density at radius 1 is 1.67 bits per heavy atom. The molecule has 0 unspecified atom stereocenters. The Balaban J connectivity index is 2.88. The lowest BCUT2D eigenvalue weighted by molar-refractivity contribution is 1.56. The third-order valence-electron chi connectivity index (χ3n) is 0.201. The zero-order chi connectivity index (χ0) is 4.99. The summed E-state index contributed by atoms with van der Waals surface area (Å²) in [5, 5.41) is 7.76. The molecule has 0 aromatic rings. The first-order valence-corrected chi connectivity index (χ1v) is 2.15. The van der Waals surface area contributed by atoms with Crippen molar-refractivity contribution < 1.29 is 0 Å². The van der Waals surface area contributed by atoms with E-state index in [0.717, 1.165) is 7.28 Å². The van der Waals surface area contributed by atoms with Crippen LogP contribution >= 0.6 is 23.2 Å². The van der Waals surface area contributed by atoms with Crippen molar-refractivity contribution in [2.75, 3.05) is 0 Å². The summed E-state index contributed by atoms with van der Waals surface area (Å²) in [7, 11) is 1.13. The minimum absolute atomic E-state index is 0.644. The summed E-state index contributed by atoms with van der Waals surface area (Å²) in [5.41, 5.74) is 0. The largest absolute Gasteiger partial charge is 0.294 e. The highest BCUT2D eigenvalue weighted by Crippen LogP contribution is 1.95. The fourth-order valence-corrected chi connectivity index (χ4v) is 0.169. The molecule has 0 aliphatic rings. The highest BCUT2D eigenvalue weighted by Gasteiger charge is 1.96. The highest BCUT2D eigenvalue weighted by molar-refractivity contribution is 6.72. The van der Waals surface area contributed by atoms with Crippen molar-refractivity contribution >= 4 is 30.5 Å². The number of halogens is 2. The van der Waals surface area contributed by atoms with Gasteiger partial charge in [-0.3, -0.25) is 0 Å². The molecule has 0 aliphatic heterocycles. The number of hydrogen-bond donors (Lipinski definition) is 0. The second-order valence-corrected chi connectivity index (χ2v) is 1.79. The van der Waals surface area contributed by atoms with Crippen LogP contribution in [0.25, 0.3) is 0 Å². The Labute approximate surface area is 47.1 Å². The lowest BCUT2D eigenvalue weighted by Gasteiger charge is -1.79. The molecule has 1 radical (unpaired) electrons. The molecule has 0 aliphatic carbocycles. The Bertz CT molecular complexity index is 66.4. The Hall–Kier alpha value is 0.135. The SMILES string of the molecule is N#C[B]C(Cl)Cl. The molecule has 0 bridgehead atoms. The fourth-order valence-electron chi connectivity index (χ4n) is 0.0563. The van der Waals surface area contributed by atoms with E-state index in [4.69, 9.17) is 28.5 Å². The molecule has 1 nitrogen and oxygen atoms in total. The van der Waals surface area contributed by atoms with Gasteiger partial charge in [0, 0.05) is 0 Å². The van der Waals surface area contributed by atoms with Gasteiger partial charge < -0.3 is 0 Å². The summed E-state index contributed by atoms with van der Waals surface area (Å²) in [6.07, 6.45) is 0. The third kappa shape index (κ3) is 4.13. The number of nitriles is 1. The van der Waals surface area contributed by atoms with Crippen LogP contribution < -0.4 is 0 Å². The van der Waals surface area contributed by atoms with E-state index >= 15 is 0 Å². The van der Waals surface area contributed by atoms with Gasteiger partial charge in [-0.1, -0.05) is 0 Å². The predicted molar refractivity (Wildman–Crippen MR) is 26.9 cm³/mol. The average molecular weight is 121 g/mol. The molecule has 0 atom stereocenters. The minimum Gasteiger partial charge on any atom is -0.213 e. The summed E-state index contributed by atoms with van der Waals surface area (Å²) in [6, 6.07) is 0. The Morgan fingerprint density at radius 2 is 2.17 bits per heavy atom. The first kappa shape index (κ1) is 6.13. The van der Waals surface area contributed by atoms with Gasteiger partial charge in [0.1, 0.15) is 0 Å². The van der Waals surface area contributed by atoms with Gasteiger partial charge in [0.15, 0.2) is 0 Å². The van der Waals surface area contributed by atoms with Crippen molar-refractivity contribution in [3.63, 3.8) is 0 Å². The molecule has 0 N–H and O–H groups in total. The molecule has 0 saturated heterocycles. The smallest absolute Gasteiger partial charge is 0.213 e. The molecule has 0 aromatic heterocycles. The van der Waals surface area contributed by atoms with Crippen LogP contribution in [0.3, 0.4) is 0 Å². The van der Waals surface area contributed by atoms with Gasteiger partial charge in [0.25, 0.3) is 7.28 Å². The molecule has 0 amide bonds. The van der Waals surface area contributed by atoms with Crippen molar-refractivity contribution in [3.8, 4) is 5.97 Å². The van der Waals surface area contributed by atoms with Crippen LogP contribution in [-0.4, -0.2) is 12.0 Å². The zero-order valence-electron chi connectivity index (χ0n) is 2.86. The molecule has 0 rings (SSSR count). The maximum absolute atomic E-state index is 7.76. The number of alkyl halides is 2. The monoisotopic (exact) mass is 120 g/mol. The Morgan fingerprint density at radius 3 is 2.17 bits per heavy atom. The second-order valence-electron chi connectivity index (χ2n) is 0.630. The van der Waals surface area contributed by atoms with Crippen molar-refractivity contribution in [1.82, 2.24) is 0 Å². The van der Waals surface area contributed by atoms with Crippen LogP contribution in [0.5, 0.6) is 0 Å². The van der Waals surface area contributed by atoms with E-state index in [1.165, 1.54) is 0 Å². The molecule has 31 valence electrons. The maximum atomic E-state index is 7.76. The molecule has 0 spiro atoms. The molecule has 0 fully saturated rings. The van der Waals surface area contributed by atoms with Crippen LogP contribution in [0.15, 0.2) is 0 Å². The molecule has 6 heavy (non-hydrogen) atoms. The van der Waals surface area contributed by atoms with E-state index in [9.17, 15) is 0 Å². The lowest BCUT2D eigenvalue weighted by atomic mass is 9.85. The second kappa shape index (κ2) is 3.33. The number of hydrogen-bond acceptors (Lipinski definition) is 1. The van der Waals surface area contributed by atoms with Gasteiger partial charge in [-0.15, -0.1) is 23.2 Å². The highest BCUT2D eigenvalue weighted by atomic mass is 35.5. The van der Waals surface area contributed by atoms with E-state index in [2.05, 4.69) is 0 Å². The van der Waals surface area contributed by atoms with Gasteiger partial charge in [-0.2, -0.15) is 0 Å². The van der Waals surface area contributed by atoms with Crippen LogP contribution in [-0.2, 0) is 0 Å². The first-order chi connectivity index (χ1) is 2.77. The quantitative estimate of drug-likeness (QED) is 0.373. The van der Waals surface area contributed by atoms with Gasteiger partial charge in [-0.05, 0) is 5.97 Å². The van der Waals surface area contributed by atoms with Gasteiger partial charge >= 0.3 is 0 Å². The Kier molecular flexibility index (Phi) is 3.40. The van der Waals surface area contributed by atoms with Crippen LogP contribution in [0, 0.1) is 11.2 Å². The summed E-state index contributed by atoms with van der Waals surface area (Å²) >= 11 is 10.1. The maximum Gasteiger partial charge on any atom is 0.294 e. The normalized spacial score (nSPS) is 7.67. The third-order valence-corrected chi connectivity index (χ3v) is 0.453. The van der Waals surface area contributed by atoms with Gasteiger partial charge in [0.05, 0.1) is 4.74 Å². The summed E-state index contributed by atoms with van der Waals surface area (Å²) in [5.74, 6) is 1.68. The molecule has 0 saturated carbocycles. The van der Waals surface area contributed by atoms with Crippen LogP contribution in [0.4, 0.5) is 0 Å². The van der Waals surface area contributed by atoms with Crippen molar-refractivity contribution in [3.05, 3.63) is 0 Å². The molecule has 4 heteroatoms. The minimum atomic E-state index is -0.644. The zero-order valence-corrected chi connectivity index (χ0v) is 4.37. The topological polar surface area (TPSA) is 23.8 Å². The van der Waals surface area contributed by atoms with Gasteiger partial charge in [0.2, 0.25) is 0 Å². The molecular weight excluding hydrogens is 120 g/mol. The number of rotatable bonds is 1. The number of nitrogens with zero attached hydrogens (tertiary/aromatic N) is 1. The van der Waals surface area contributed by atoms with Crippen LogP contribution in [0.2, 0.25) is 0 Å². The van der Waals surface area contributed by atoms with E-state index < -0.39 is 4.74 Å². The van der Waals surface area contributed by atoms with Gasteiger partial charge in [-0.25, -0.2) is 5.26 Å². The molecule has 0 heterocycles. The molecular formula is C2HBCl2N. The standard InChI is InChI=1S/C2HBCl2N/c4-2(5)3-1-6/h2H. The van der Waals surface area contributed by atoms with E-state index in [1.807, 2.05) is 0 Å². The summed E-state index contributed by atoms with van der Waals surface area (Å²) in [4.78, 5) is 0. The molecule has 0 aromatic carbocycles. The average Bonchev–Trinajstić information content (AvgIpc) is 1.35. The first-order valence-electron chi connectivity index (χ1n) is 1.28. The van der Waals surface area contributed by atoms with E-state index in [0.29, 0.717) is 0 Å². The van der Waals surface area contributed by atoms with Crippen molar-refractivity contribution in [2.45, 2.75) is 4.74 Å². The van der Waals surface area contributed by atoms with Crippen molar-refractivity contribution in [2.24, 2.45) is 0 Å². The van der Waals surface area contributed by atoms with E-state index in [-0.39, 0.29) is 0 Å². The summed E-state index contributed by atoms with van der Waals surface area (Å²) < 4.78 is -0.644. The van der Waals surface area contributed by atoms with Crippen molar-refractivity contribution in [1.29, 1.82) is 5.26 Å². The summed E-state index contributed by atoms with van der Waals surface area (Å²) in [6.45, 7) is 0. The lowest BCUT2D eigenvalue weighted by Crippen LogP contribution is -1.95. The van der Waals surface area contributed by atoms with Crippen LogP contribution in [0.1, 0.15) is 0 Å².